The zero-order valence-corrected chi connectivity index (χ0v) is 21.4. The van der Waals surface area contributed by atoms with Crippen molar-refractivity contribution in [1.29, 1.82) is 0 Å². The monoisotopic (exact) mass is 522 g/mol. The van der Waals surface area contributed by atoms with Crippen molar-refractivity contribution < 1.29 is 24.2 Å². The van der Waals surface area contributed by atoms with Gasteiger partial charge >= 0.3 is 5.97 Å². The summed E-state index contributed by atoms with van der Waals surface area (Å²) in [7, 11) is 3.20. The molecule has 0 atom stereocenters. The molecular formula is C27H23ClN2O5S. The Kier molecular flexibility index (Phi) is 7.67. The smallest absolute Gasteiger partial charge is 0.336 e. The van der Waals surface area contributed by atoms with Crippen LogP contribution in [0.25, 0.3) is 6.08 Å². The lowest BCUT2D eigenvalue weighted by Gasteiger charge is -2.11. The molecule has 1 amide bonds. The van der Waals surface area contributed by atoms with Gasteiger partial charge < -0.3 is 14.6 Å². The van der Waals surface area contributed by atoms with E-state index in [1.165, 1.54) is 22.7 Å². The SMILES string of the molecule is COc1cc(/C=C2\SC(=Nc3cccc(C(=O)O)c3C)N(C)C2=O)ccc1OCc1ccc(Cl)cc1. The number of nitrogens with zero attached hydrogens (tertiary/aromatic N) is 2. The third kappa shape index (κ3) is 5.56. The number of ether oxygens (including phenoxy) is 2. The summed E-state index contributed by atoms with van der Waals surface area (Å²) in [6.07, 6.45) is 1.76. The number of hydrogen-bond donors (Lipinski definition) is 1. The molecule has 1 aliphatic rings. The number of carboxylic acids is 1. The van der Waals surface area contributed by atoms with Crippen LogP contribution in [-0.4, -0.2) is 41.2 Å². The number of thioether (sulfide) groups is 1. The molecule has 1 saturated heterocycles. The van der Waals surface area contributed by atoms with Gasteiger partial charge in [-0.15, -0.1) is 0 Å². The number of carboxylic acid groups (broad SMARTS) is 1. The van der Waals surface area contributed by atoms with Crippen LogP contribution in [0, 0.1) is 6.92 Å². The maximum atomic E-state index is 12.9. The van der Waals surface area contributed by atoms with E-state index in [1.54, 1.807) is 51.4 Å². The second-order valence-electron chi connectivity index (χ2n) is 7.95. The van der Waals surface area contributed by atoms with Crippen LogP contribution in [0.4, 0.5) is 5.69 Å². The third-order valence-electron chi connectivity index (χ3n) is 5.55. The predicted molar refractivity (Wildman–Crippen MR) is 142 cm³/mol. The Labute approximate surface area is 218 Å². The predicted octanol–water partition coefficient (Wildman–Crippen LogP) is 6.17. The van der Waals surface area contributed by atoms with Crippen LogP contribution in [0.5, 0.6) is 11.5 Å². The number of amides is 1. The van der Waals surface area contributed by atoms with Crippen molar-refractivity contribution in [3.8, 4) is 11.5 Å². The van der Waals surface area contributed by atoms with Gasteiger partial charge in [-0.25, -0.2) is 9.79 Å². The number of methoxy groups -OCH3 is 1. The Morgan fingerprint density at radius 1 is 1.14 bits per heavy atom. The maximum absolute atomic E-state index is 12.9. The van der Waals surface area contributed by atoms with Crippen LogP contribution < -0.4 is 9.47 Å². The maximum Gasteiger partial charge on any atom is 0.336 e. The van der Waals surface area contributed by atoms with Crippen LogP contribution in [0.3, 0.4) is 0 Å². The topological polar surface area (TPSA) is 88.4 Å². The molecule has 0 radical (unpaired) electrons. The molecule has 0 unspecified atom stereocenters. The summed E-state index contributed by atoms with van der Waals surface area (Å²) in [6, 6.07) is 17.7. The van der Waals surface area contributed by atoms with Crippen molar-refractivity contribution in [3.05, 3.63) is 92.8 Å². The summed E-state index contributed by atoms with van der Waals surface area (Å²) < 4.78 is 11.4. The fourth-order valence-electron chi connectivity index (χ4n) is 3.52. The van der Waals surface area contributed by atoms with E-state index in [0.29, 0.717) is 44.5 Å². The van der Waals surface area contributed by atoms with Gasteiger partial charge in [0.25, 0.3) is 5.91 Å². The van der Waals surface area contributed by atoms with Crippen molar-refractivity contribution in [2.45, 2.75) is 13.5 Å². The van der Waals surface area contributed by atoms with Crippen molar-refractivity contribution in [2.24, 2.45) is 4.99 Å². The molecule has 0 spiro atoms. The number of benzene rings is 3. The summed E-state index contributed by atoms with van der Waals surface area (Å²) in [5.41, 5.74) is 2.95. The first-order valence-corrected chi connectivity index (χ1v) is 12.1. The van der Waals surface area contributed by atoms with Gasteiger partial charge in [-0.05, 0) is 77.9 Å². The van der Waals surface area contributed by atoms with Gasteiger partial charge in [0.05, 0.1) is 23.3 Å². The minimum Gasteiger partial charge on any atom is -0.493 e. The average molecular weight is 523 g/mol. The zero-order valence-electron chi connectivity index (χ0n) is 19.8. The highest BCUT2D eigenvalue weighted by atomic mass is 35.5. The van der Waals surface area contributed by atoms with Crippen LogP contribution in [0.2, 0.25) is 5.02 Å². The molecule has 9 heteroatoms. The van der Waals surface area contributed by atoms with Crippen molar-refractivity contribution in [1.82, 2.24) is 4.90 Å². The second kappa shape index (κ2) is 10.9. The highest BCUT2D eigenvalue weighted by Gasteiger charge is 2.30. The van der Waals surface area contributed by atoms with Crippen LogP contribution in [0.1, 0.15) is 27.0 Å². The van der Waals surface area contributed by atoms with Crippen molar-refractivity contribution in [2.75, 3.05) is 14.2 Å². The Morgan fingerprint density at radius 3 is 2.58 bits per heavy atom. The number of likely N-dealkylation sites (N-methyl/N-ethyl adjacent to an activating group) is 1. The van der Waals surface area contributed by atoms with E-state index >= 15 is 0 Å². The quantitative estimate of drug-likeness (QED) is 0.373. The molecule has 0 saturated carbocycles. The molecule has 3 aromatic carbocycles. The molecule has 1 heterocycles. The summed E-state index contributed by atoms with van der Waals surface area (Å²) >= 11 is 7.16. The summed E-state index contributed by atoms with van der Waals surface area (Å²) in [5, 5.41) is 10.5. The minimum absolute atomic E-state index is 0.176. The molecule has 0 bridgehead atoms. The first kappa shape index (κ1) is 25.3. The van der Waals surface area contributed by atoms with Crippen LogP contribution >= 0.6 is 23.4 Å². The van der Waals surface area contributed by atoms with Crippen molar-refractivity contribution >= 4 is 52.2 Å². The summed E-state index contributed by atoms with van der Waals surface area (Å²) in [4.78, 5) is 30.8. The highest BCUT2D eigenvalue weighted by Crippen LogP contribution is 2.36. The van der Waals surface area contributed by atoms with E-state index in [1.807, 2.05) is 30.3 Å². The van der Waals surface area contributed by atoms with Crippen molar-refractivity contribution in [3.63, 3.8) is 0 Å². The average Bonchev–Trinajstić information content (AvgIpc) is 3.12. The number of carbonyl (C=O) groups is 2. The summed E-state index contributed by atoms with van der Waals surface area (Å²) in [5.74, 6) is -0.105. The Bertz CT molecular complexity index is 1390. The molecule has 3 aromatic rings. The van der Waals surface area contributed by atoms with E-state index in [2.05, 4.69) is 4.99 Å². The normalized spacial score (nSPS) is 15.6. The largest absolute Gasteiger partial charge is 0.493 e. The third-order valence-corrected chi connectivity index (χ3v) is 6.86. The molecule has 1 aliphatic heterocycles. The number of aliphatic imine (C=N–C) groups is 1. The first-order valence-electron chi connectivity index (χ1n) is 10.9. The second-order valence-corrected chi connectivity index (χ2v) is 9.40. The number of hydrogen-bond acceptors (Lipinski definition) is 6. The fourth-order valence-corrected chi connectivity index (χ4v) is 4.62. The molecule has 1 N–H and O–H groups in total. The van der Waals surface area contributed by atoms with Crippen LogP contribution in [0.15, 0.2) is 70.6 Å². The van der Waals surface area contributed by atoms with E-state index in [9.17, 15) is 14.7 Å². The number of rotatable bonds is 7. The lowest BCUT2D eigenvalue weighted by molar-refractivity contribution is -0.121. The van der Waals surface area contributed by atoms with Gasteiger partial charge in [0.15, 0.2) is 16.7 Å². The lowest BCUT2D eigenvalue weighted by Crippen LogP contribution is -2.23. The lowest BCUT2D eigenvalue weighted by atomic mass is 10.1. The van der Waals surface area contributed by atoms with E-state index < -0.39 is 5.97 Å². The van der Waals surface area contributed by atoms with E-state index in [-0.39, 0.29) is 11.5 Å². The Morgan fingerprint density at radius 2 is 1.89 bits per heavy atom. The van der Waals surface area contributed by atoms with Gasteiger partial charge in [0.2, 0.25) is 0 Å². The number of aromatic carboxylic acids is 1. The molecule has 0 aromatic heterocycles. The molecule has 1 fully saturated rings. The van der Waals surface area contributed by atoms with Gasteiger partial charge in [0, 0.05) is 12.1 Å². The molecule has 4 rings (SSSR count). The van der Waals surface area contributed by atoms with Gasteiger partial charge in [-0.1, -0.05) is 35.9 Å². The highest BCUT2D eigenvalue weighted by molar-refractivity contribution is 8.18. The first-order chi connectivity index (χ1) is 17.3. The zero-order chi connectivity index (χ0) is 25.8. The standard InChI is InChI=1S/C27H23ClN2O5S/c1-16-20(26(32)33)5-4-6-21(16)29-27-30(2)25(31)24(36-27)14-18-9-12-22(23(13-18)34-3)35-15-17-7-10-19(28)11-8-17/h4-14H,15H2,1-3H3,(H,32,33)/b24-14-,29-27?. The number of halogens is 1. The number of amidine groups is 1. The fraction of sp³-hybridized carbons (Fsp3) is 0.148. The number of carbonyl (C=O) groups excluding carboxylic acids is 1. The molecular weight excluding hydrogens is 500 g/mol. The molecule has 36 heavy (non-hydrogen) atoms. The summed E-state index contributed by atoms with van der Waals surface area (Å²) in [6.45, 7) is 2.05. The van der Waals surface area contributed by atoms with Gasteiger partial charge in [0.1, 0.15) is 6.61 Å². The Hall–Kier alpha value is -3.75. The molecule has 0 aliphatic carbocycles. The molecule has 7 nitrogen and oxygen atoms in total. The van der Waals surface area contributed by atoms with E-state index in [0.717, 1.165) is 11.1 Å². The minimum atomic E-state index is -1.02. The Balaban J connectivity index is 1.55. The van der Waals surface area contributed by atoms with Crippen LogP contribution in [-0.2, 0) is 11.4 Å². The van der Waals surface area contributed by atoms with Gasteiger partial charge in [-0.2, -0.15) is 0 Å². The van der Waals surface area contributed by atoms with Gasteiger partial charge in [-0.3, -0.25) is 9.69 Å². The van der Waals surface area contributed by atoms with E-state index in [4.69, 9.17) is 21.1 Å². The molecule has 184 valence electrons.